The molecule has 0 bridgehead atoms. The lowest BCUT2D eigenvalue weighted by molar-refractivity contribution is 0.0523. The number of rotatable bonds is 3. The zero-order valence-electron chi connectivity index (χ0n) is 15.4. The van der Waals surface area contributed by atoms with E-state index < -0.39 is 11.7 Å². The van der Waals surface area contributed by atoms with E-state index in [9.17, 15) is 9.18 Å². The van der Waals surface area contributed by atoms with Crippen LogP contribution in [0.2, 0.25) is 0 Å². The number of aryl methyl sites for hydroxylation is 1. The van der Waals surface area contributed by atoms with Crippen LogP contribution in [0.5, 0.6) is 0 Å². The van der Waals surface area contributed by atoms with Crippen LogP contribution in [0.3, 0.4) is 0 Å². The Hall–Kier alpha value is -2.82. The molecular weight excluding hydrogens is 331 g/mol. The second-order valence-electron chi connectivity index (χ2n) is 7.34. The molecule has 0 aliphatic heterocycles. The number of H-pyrrole nitrogens is 1. The lowest BCUT2D eigenvalue weighted by Crippen LogP contribution is -2.32. The van der Waals surface area contributed by atoms with Crippen molar-refractivity contribution in [3.63, 3.8) is 0 Å². The minimum absolute atomic E-state index is 0.256. The van der Waals surface area contributed by atoms with Gasteiger partial charge in [-0.25, -0.2) is 9.18 Å². The van der Waals surface area contributed by atoms with E-state index in [1.165, 1.54) is 6.07 Å². The average Bonchev–Trinajstić information content (AvgIpc) is 2.88. The number of aromatic nitrogens is 1. The first-order chi connectivity index (χ1) is 12.2. The minimum atomic E-state index is -0.528. The molecule has 1 amide bonds. The Morgan fingerprint density at radius 1 is 1.19 bits per heavy atom. The van der Waals surface area contributed by atoms with Gasteiger partial charge in [0.05, 0.1) is 5.69 Å². The summed E-state index contributed by atoms with van der Waals surface area (Å²) in [5, 5.41) is 3.76. The molecular formula is C21H23FN2O2. The first-order valence-electron chi connectivity index (χ1n) is 8.57. The number of benzene rings is 2. The van der Waals surface area contributed by atoms with Crippen LogP contribution in [-0.4, -0.2) is 16.7 Å². The summed E-state index contributed by atoms with van der Waals surface area (Å²) in [7, 11) is 0. The summed E-state index contributed by atoms with van der Waals surface area (Å²) >= 11 is 0. The van der Waals surface area contributed by atoms with Gasteiger partial charge < -0.3 is 15.0 Å². The maximum atomic E-state index is 14.1. The van der Waals surface area contributed by atoms with Crippen molar-refractivity contribution >= 4 is 17.0 Å². The van der Waals surface area contributed by atoms with E-state index >= 15 is 0 Å². The molecule has 2 aromatic carbocycles. The summed E-state index contributed by atoms with van der Waals surface area (Å²) in [6.07, 6.45) is -0.449. The van der Waals surface area contributed by atoms with E-state index in [2.05, 4.69) is 10.3 Å². The number of carbonyl (C=O) groups is 1. The Morgan fingerprint density at radius 2 is 1.92 bits per heavy atom. The molecule has 0 saturated heterocycles. The van der Waals surface area contributed by atoms with Crippen molar-refractivity contribution in [3.05, 3.63) is 59.4 Å². The lowest BCUT2D eigenvalue weighted by atomic mass is 10.0. The van der Waals surface area contributed by atoms with E-state index in [-0.39, 0.29) is 5.82 Å². The number of carbonyl (C=O) groups excluding carboxylic acids is 1. The van der Waals surface area contributed by atoms with E-state index in [0.717, 1.165) is 27.7 Å². The predicted octanol–water partition coefficient (Wildman–Crippen LogP) is 5.31. The number of aromatic amines is 1. The van der Waals surface area contributed by atoms with Crippen LogP contribution in [0.4, 0.5) is 9.18 Å². The number of hydrogen-bond donors (Lipinski definition) is 2. The summed E-state index contributed by atoms with van der Waals surface area (Å²) in [5.41, 5.74) is 3.65. The van der Waals surface area contributed by atoms with Crippen LogP contribution < -0.4 is 5.32 Å². The number of halogens is 1. The van der Waals surface area contributed by atoms with Crippen molar-refractivity contribution in [2.75, 3.05) is 0 Å². The summed E-state index contributed by atoms with van der Waals surface area (Å²) in [6.45, 7) is 7.81. The highest BCUT2D eigenvalue weighted by Gasteiger charge is 2.16. The molecule has 1 heterocycles. The van der Waals surface area contributed by atoms with E-state index in [1.807, 2.05) is 52.0 Å². The van der Waals surface area contributed by atoms with Gasteiger partial charge in [-0.2, -0.15) is 0 Å². The summed E-state index contributed by atoms with van der Waals surface area (Å²) in [5.74, 6) is -0.256. The van der Waals surface area contributed by atoms with E-state index in [0.29, 0.717) is 12.1 Å². The monoisotopic (exact) mass is 354 g/mol. The maximum Gasteiger partial charge on any atom is 0.407 e. The Balaban J connectivity index is 1.84. The Bertz CT molecular complexity index is 954. The third-order valence-electron chi connectivity index (χ3n) is 4.10. The molecule has 0 radical (unpaired) electrons. The largest absolute Gasteiger partial charge is 0.444 e. The highest BCUT2D eigenvalue weighted by molar-refractivity contribution is 5.91. The van der Waals surface area contributed by atoms with Crippen LogP contribution in [0.1, 0.15) is 31.9 Å². The Labute approximate surface area is 152 Å². The molecule has 0 atom stereocenters. The Kier molecular flexibility index (Phi) is 4.72. The fourth-order valence-corrected chi connectivity index (χ4v) is 2.91. The van der Waals surface area contributed by atoms with Gasteiger partial charge in [0.2, 0.25) is 0 Å². The second-order valence-corrected chi connectivity index (χ2v) is 7.34. The van der Waals surface area contributed by atoms with Crippen LogP contribution >= 0.6 is 0 Å². The number of alkyl carbamates (subject to hydrolysis) is 1. The second kappa shape index (κ2) is 6.83. The maximum absolute atomic E-state index is 14.1. The standard InChI is InChI=1S/C21H23FN2O2/c1-13-16-11-14(12-23-20(25)26-21(2,3)4)9-10-18(16)24-19(13)15-7-5-6-8-17(15)22/h5-11,24H,12H2,1-4H3,(H,23,25). The van der Waals surface area contributed by atoms with Crippen molar-refractivity contribution in [2.24, 2.45) is 0 Å². The zero-order valence-corrected chi connectivity index (χ0v) is 15.4. The molecule has 0 aliphatic carbocycles. The molecule has 0 fully saturated rings. The molecule has 4 nitrogen and oxygen atoms in total. The third kappa shape index (κ3) is 3.87. The van der Waals surface area contributed by atoms with Crippen molar-refractivity contribution in [2.45, 2.75) is 39.8 Å². The Morgan fingerprint density at radius 3 is 2.62 bits per heavy atom. The lowest BCUT2D eigenvalue weighted by Gasteiger charge is -2.19. The van der Waals surface area contributed by atoms with E-state index in [1.54, 1.807) is 12.1 Å². The smallest absolute Gasteiger partial charge is 0.407 e. The molecule has 0 aliphatic rings. The summed E-state index contributed by atoms with van der Waals surface area (Å²) in [4.78, 5) is 15.1. The molecule has 3 aromatic rings. The molecule has 26 heavy (non-hydrogen) atoms. The summed E-state index contributed by atoms with van der Waals surface area (Å²) < 4.78 is 19.4. The highest BCUT2D eigenvalue weighted by atomic mass is 19.1. The molecule has 5 heteroatoms. The SMILES string of the molecule is Cc1c(-c2ccccc2F)[nH]c2ccc(CNC(=O)OC(C)(C)C)cc12. The quantitative estimate of drug-likeness (QED) is 0.670. The van der Waals surface area contributed by atoms with Crippen LogP contribution in [0.15, 0.2) is 42.5 Å². The van der Waals surface area contributed by atoms with Crippen molar-refractivity contribution in [1.29, 1.82) is 0 Å². The van der Waals surface area contributed by atoms with Gasteiger partial charge in [-0.05, 0) is 63.1 Å². The number of ether oxygens (including phenoxy) is 1. The topological polar surface area (TPSA) is 54.1 Å². The predicted molar refractivity (Wildman–Crippen MR) is 102 cm³/mol. The molecule has 0 spiro atoms. The van der Waals surface area contributed by atoms with Gasteiger partial charge in [-0.1, -0.05) is 18.2 Å². The van der Waals surface area contributed by atoms with Gasteiger partial charge in [0.25, 0.3) is 0 Å². The fourth-order valence-electron chi connectivity index (χ4n) is 2.91. The zero-order chi connectivity index (χ0) is 18.9. The van der Waals surface area contributed by atoms with Crippen molar-refractivity contribution in [1.82, 2.24) is 10.3 Å². The molecule has 136 valence electrons. The number of nitrogens with one attached hydrogen (secondary N) is 2. The van der Waals surface area contributed by atoms with Crippen molar-refractivity contribution in [3.8, 4) is 11.3 Å². The minimum Gasteiger partial charge on any atom is -0.444 e. The first-order valence-corrected chi connectivity index (χ1v) is 8.57. The number of amides is 1. The van der Waals surface area contributed by atoms with Gasteiger partial charge in [0.1, 0.15) is 11.4 Å². The first kappa shape index (κ1) is 18.0. The van der Waals surface area contributed by atoms with Gasteiger partial charge >= 0.3 is 6.09 Å². The van der Waals surface area contributed by atoms with Gasteiger partial charge in [-0.3, -0.25) is 0 Å². The summed E-state index contributed by atoms with van der Waals surface area (Å²) in [6, 6.07) is 12.6. The van der Waals surface area contributed by atoms with Crippen LogP contribution in [0.25, 0.3) is 22.2 Å². The van der Waals surface area contributed by atoms with E-state index in [4.69, 9.17) is 4.74 Å². The fraction of sp³-hybridized carbons (Fsp3) is 0.286. The molecule has 3 rings (SSSR count). The molecule has 0 saturated carbocycles. The number of hydrogen-bond acceptors (Lipinski definition) is 2. The molecule has 2 N–H and O–H groups in total. The molecule has 1 aromatic heterocycles. The van der Waals surface area contributed by atoms with Crippen molar-refractivity contribution < 1.29 is 13.9 Å². The number of fused-ring (bicyclic) bond motifs is 1. The third-order valence-corrected chi connectivity index (χ3v) is 4.10. The average molecular weight is 354 g/mol. The van der Waals surface area contributed by atoms with Gasteiger partial charge in [0.15, 0.2) is 0 Å². The van der Waals surface area contributed by atoms with Gasteiger partial charge in [-0.15, -0.1) is 0 Å². The van der Waals surface area contributed by atoms with Gasteiger partial charge in [0, 0.05) is 23.0 Å². The molecule has 0 unspecified atom stereocenters. The van der Waals surface area contributed by atoms with Crippen LogP contribution in [-0.2, 0) is 11.3 Å². The highest BCUT2D eigenvalue weighted by Crippen LogP contribution is 2.31. The van der Waals surface area contributed by atoms with Crippen LogP contribution in [0, 0.1) is 12.7 Å². The normalized spacial score (nSPS) is 11.6.